The van der Waals surface area contributed by atoms with Crippen molar-refractivity contribution in [1.29, 1.82) is 0 Å². The van der Waals surface area contributed by atoms with Gasteiger partial charge in [-0.25, -0.2) is 0 Å². The molecule has 3 heteroatoms. The number of rotatable bonds is 1. The first-order valence-electron chi connectivity index (χ1n) is 8.82. The van der Waals surface area contributed by atoms with E-state index in [9.17, 15) is 0 Å². The number of nitrogens with two attached hydrogens (primary N) is 1. The lowest BCUT2D eigenvalue weighted by atomic mass is 9.62. The lowest BCUT2D eigenvalue weighted by molar-refractivity contribution is 0.165. The van der Waals surface area contributed by atoms with Gasteiger partial charge in [0.2, 0.25) is 0 Å². The molecule has 126 valence electrons. The van der Waals surface area contributed by atoms with Crippen LogP contribution in [0.25, 0.3) is 0 Å². The highest BCUT2D eigenvalue weighted by Crippen LogP contribution is 2.54. The van der Waals surface area contributed by atoms with Gasteiger partial charge in [0.15, 0.2) is 0 Å². The van der Waals surface area contributed by atoms with E-state index in [0.29, 0.717) is 6.04 Å². The molecule has 4 rings (SSSR count). The Hall–Kier alpha value is -2.16. The zero-order valence-corrected chi connectivity index (χ0v) is 15.0. The summed E-state index contributed by atoms with van der Waals surface area (Å²) in [5.74, 6) is 0. The third-order valence-corrected chi connectivity index (χ3v) is 6.68. The van der Waals surface area contributed by atoms with Crippen LogP contribution in [0.1, 0.15) is 37.5 Å². The second-order valence-corrected chi connectivity index (χ2v) is 8.21. The van der Waals surface area contributed by atoms with Crippen LogP contribution in [0.5, 0.6) is 0 Å². The van der Waals surface area contributed by atoms with Crippen molar-refractivity contribution in [1.82, 2.24) is 0 Å². The van der Waals surface area contributed by atoms with Gasteiger partial charge in [-0.05, 0) is 47.6 Å². The lowest BCUT2D eigenvalue weighted by Gasteiger charge is -2.47. The van der Waals surface area contributed by atoms with Gasteiger partial charge in [0.05, 0.1) is 11.4 Å². The smallest absolute Gasteiger partial charge is 0.0599 e. The van der Waals surface area contributed by atoms with Gasteiger partial charge in [0.1, 0.15) is 0 Å². The largest absolute Gasteiger partial charge is 0.398 e. The molecule has 4 N–H and O–H groups in total. The SMILES string of the molecule is Cc1cc2c(cc1N)NC(C1(C)Cc3ccccc3C1(C)C)CN2. The zero-order chi connectivity index (χ0) is 17.1. The van der Waals surface area contributed by atoms with Crippen molar-refractivity contribution in [3.8, 4) is 0 Å². The summed E-state index contributed by atoms with van der Waals surface area (Å²) in [4.78, 5) is 0. The van der Waals surface area contributed by atoms with Crippen LogP contribution in [0, 0.1) is 12.3 Å². The Bertz CT molecular complexity index is 809. The molecule has 0 amide bonds. The maximum Gasteiger partial charge on any atom is 0.0599 e. The van der Waals surface area contributed by atoms with Gasteiger partial charge in [0, 0.05) is 23.7 Å². The van der Waals surface area contributed by atoms with E-state index in [-0.39, 0.29) is 10.8 Å². The number of nitrogen functional groups attached to an aromatic ring is 1. The lowest BCUT2D eigenvalue weighted by Crippen LogP contribution is -2.53. The van der Waals surface area contributed by atoms with Gasteiger partial charge in [-0.15, -0.1) is 0 Å². The first kappa shape index (κ1) is 15.4. The van der Waals surface area contributed by atoms with Gasteiger partial charge in [0.25, 0.3) is 0 Å². The fourth-order valence-electron chi connectivity index (χ4n) is 4.59. The maximum atomic E-state index is 6.13. The molecule has 0 fully saturated rings. The van der Waals surface area contributed by atoms with Crippen molar-refractivity contribution in [3.63, 3.8) is 0 Å². The second kappa shape index (κ2) is 4.92. The number of fused-ring (bicyclic) bond motifs is 2. The molecule has 1 aliphatic heterocycles. The number of aryl methyl sites for hydroxylation is 1. The molecular formula is C21H27N3. The minimum Gasteiger partial charge on any atom is -0.398 e. The summed E-state index contributed by atoms with van der Waals surface area (Å²) < 4.78 is 0. The fraction of sp³-hybridized carbons (Fsp3) is 0.429. The van der Waals surface area contributed by atoms with Crippen LogP contribution in [0.2, 0.25) is 0 Å². The number of hydrogen-bond acceptors (Lipinski definition) is 3. The van der Waals surface area contributed by atoms with Gasteiger partial charge in [-0.3, -0.25) is 0 Å². The molecule has 2 unspecified atom stereocenters. The van der Waals surface area contributed by atoms with Crippen LogP contribution >= 0.6 is 0 Å². The number of anilines is 3. The van der Waals surface area contributed by atoms with Crippen molar-refractivity contribution in [2.45, 2.75) is 45.6 Å². The summed E-state index contributed by atoms with van der Waals surface area (Å²) in [6.07, 6.45) is 1.10. The normalized spacial score (nSPS) is 26.9. The summed E-state index contributed by atoms with van der Waals surface area (Å²) in [5, 5.41) is 7.42. The summed E-state index contributed by atoms with van der Waals surface area (Å²) >= 11 is 0. The highest BCUT2D eigenvalue weighted by atomic mass is 15.1. The standard InChI is InChI=1S/C21H27N3/c1-13-9-17-18(10-16(13)22)24-19(12-23-17)21(4)11-14-7-5-6-8-15(14)20(21,2)3/h5-10,19,23-24H,11-12,22H2,1-4H3. The van der Waals surface area contributed by atoms with E-state index in [2.05, 4.69) is 74.7 Å². The van der Waals surface area contributed by atoms with Crippen LogP contribution < -0.4 is 16.4 Å². The minimum absolute atomic E-state index is 0.122. The van der Waals surface area contributed by atoms with Crippen LogP contribution in [-0.4, -0.2) is 12.6 Å². The topological polar surface area (TPSA) is 50.1 Å². The average Bonchev–Trinajstić information content (AvgIpc) is 2.76. The summed E-state index contributed by atoms with van der Waals surface area (Å²) in [6.45, 7) is 10.2. The highest BCUT2D eigenvalue weighted by molar-refractivity contribution is 5.77. The molecule has 0 bridgehead atoms. The maximum absolute atomic E-state index is 6.13. The number of nitrogens with one attached hydrogen (secondary N) is 2. The molecule has 2 aromatic rings. The molecule has 2 aromatic carbocycles. The third kappa shape index (κ3) is 1.97. The molecule has 0 saturated carbocycles. The Labute approximate surface area is 144 Å². The van der Waals surface area contributed by atoms with Crippen LogP contribution in [0.4, 0.5) is 17.1 Å². The summed E-state index contributed by atoms with van der Waals surface area (Å²) in [6, 6.07) is 13.5. The van der Waals surface area contributed by atoms with Gasteiger partial charge in [-0.1, -0.05) is 45.0 Å². The Morgan fingerprint density at radius 3 is 2.58 bits per heavy atom. The van der Waals surface area contributed by atoms with Crippen molar-refractivity contribution in [3.05, 3.63) is 53.1 Å². The quantitative estimate of drug-likeness (QED) is 0.686. The molecule has 2 aliphatic rings. The number of hydrogen-bond donors (Lipinski definition) is 3. The molecule has 2 atom stereocenters. The van der Waals surface area contributed by atoms with Crippen molar-refractivity contribution < 1.29 is 0 Å². The second-order valence-electron chi connectivity index (χ2n) is 8.21. The van der Waals surface area contributed by atoms with Crippen molar-refractivity contribution >= 4 is 17.1 Å². The zero-order valence-electron chi connectivity index (χ0n) is 15.0. The monoisotopic (exact) mass is 321 g/mol. The van der Waals surface area contributed by atoms with Crippen molar-refractivity contribution in [2.24, 2.45) is 5.41 Å². The highest BCUT2D eigenvalue weighted by Gasteiger charge is 2.53. The molecule has 0 saturated heterocycles. The molecular weight excluding hydrogens is 294 g/mol. The van der Waals surface area contributed by atoms with Crippen molar-refractivity contribution in [2.75, 3.05) is 22.9 Å². The van der Waals surface area contributed by atoms with Crippen LogP contribution in [0.3, 0.4) is 0 Å². The Balaban J connectivity index is 1.71. The van der Waals surface area contributed by atoms with E-state index < -0.39 is 0 Å². The van der Waals surface area contributed by atoms with E-state index in [1.54, 1.807) is 0 Å². The first-order valence-corrected chi connectivity index (χ1v) is 8.82. The van der Waals surface area contributed by atoms with E-state index in [4.69, 9.17) is 5.73 Å². The molecule has 3 nitrogen and oxygen atoms in total. The Morgan fingerprint density at radius 2 is 1.83 bits per heavy atom. The van der Waals surface area contributed by atoms with Crippen LogP contribution in [-0.2, 0) is 11.8 Å². The average molecular weight is 321 g/mol. The fourth-order valence-corrected chi connectivity index (χ4v) is 4.59. The van der Waals surface area contributed by atoms with E-state index >= 15 is 0 Å². The summed E-state index contributed by atoms with van der Waals surface area (Å²) in [5.41, 5.74) is 13.6. The van der Waals surface area contributed by atoms with Gasteiger partial charge in [-0.2, -0.15) is 0 Å². The van der Waals surface area contributed by atoms with Gasteiger partial charge < -0.3 is 16.4 Å². The first-order chi connectivity index (χ1) is 11.3. The molecule has 1 aliphatic carbocycles. The van der Waals surface area contributed by atoms with E-state index in [1.807, 2.05) is 0 Å². The molecule has 1 heterocycles. The molecule has 0 radical (unpaired) electrons. The molecule has 24 heavy (non-hydrogen) atoms. The summed E-state index contributed by atoms with van der Waals surface area (Å²) in [7, 11) is 0. The van der Waals surface area contributed by atoms with Crippen LogP contribution in [0.15, 0.2) is 36.4 Å². The minimum atomic E-state index is 0.122. The third-order valence-electron chi connectivity index (χ3n) is 6.68. The molecule has 0 spiro atoms. The molecule has 0 aromatic heterocycles. The predicted molar refractivity (Wildman–Crippen MR) is 103 cm³/mol. The van der Waals surface area contributed by atoms with Gasteiger partial charge >= 0.3 is 0 Å². The van der Waals surface area contributed by atoms with E-state index in [0.717, 1.165) is 35.6 Å². The Kier molecular flexibility index (Phi) is 3.15. The van der Waals surface area contributed by atoms with E-state index in [1.165, 1.54) is 11.1 Å². The predicted octanol–water partition coefficient (Wildman–Crippen LogP) is 4.32. The Morgan fingerprint density at radius 1 is 1.08 bits per heavy atom. The number of benzene rings is 2.